The molecule has 1 aliphatic heterocycles. The molecule has 25 heavy (non-hydrogen) atoms. The maximum atomic E-state index is 12.5. The molecule has 4 rings (SSSR count). The van der Waals surface area contributed by atoms with Crippen molar-refractivity contribution in [3.8, 4) is 5.75 Å². The Labute approximate surface area is 150 Å². The number of esters is 1. The van der Waals surface area contributed by atoms with E-state index in [1.165, 1.54) is 0 Å². The van der Waals surface area contributed by atoms with Crippen LogP contribution in [0.3, 0.4) is 0 Å². The van der Waals surface area contributed by atoms with Crippen LogP contribution in [-0.4, -0.2) is 5.97 Å². The van der Waals surface area contributed by atoms with Crippen LogP contribution in [0, 0.1) is 6.92 Å². The molecule has 0 spiro atoms. The van der Waals surface area contributed by atoms with Gasteiger partial charge in [0.25, 0.3) is 0 Å². The van der Waals surface area contributed by atoms with Gasteiger partial charge >= 0.3 is 11.8 Å². The Hall–Kier alpha value is -2.78. The highest BCUT2D eigenvalue weighted by molar-refractivity contribution is 6.32. The van der Waals surface area contributed by atoms with Crippen molar-refractivity contribution in [2.24, 2.45) is 0 Å². The summed E-state index contributed by atoms with van der Waals surface area (Å²) < 4.78 is 12.1. The van der Waals surface area contributed by atoms with Crippen molar-refractivity contribution in [2.75, 3.05) is 0 Å². The van der Waals surface area contributed by atoms with Crippen LogP contribution >= 0.6 is 11.6 Å². The fourth-order valence-corrected chi connectivity index (χ4v) is 3.20. The molecule has 1 aliphatic rings. The van der Waals surface area contributed by atoms with Gasteiger partial charge in [-0.05, 0) is 36.8 Å². The monoisotopic (exact) mass is 350 g/mol. The van der Waals surface area contributed by atoms with E-state index >= 15 is 0 Å². The fourth-order valence-electron chi connectivity index (χ4n) is 3.04. The van der Waals surface area contributed by atoms with Gasteiger partial charge in [0.05, 0.1) is 16.1 Å². The summed E-state index contributed by atoms with van der Waals surface area (Å²) in [4.78, 5) is 12.5. The van der Waals surface area contributed by atoms with Crippen molar-refractivity contribution in [1.82, 2.24) is 0 Å². The zero-order valence-electron chi connectivity index (χ0n) is 13.5. The normalized spacial score (nSPS) is 18.6. The predicted octanol–water partition coefficient (Wildman–Crippen LogP) is 5.10. The Morgan fingerprint density at radius 2 is 1.68 bits per heavy atom. The second-order valence-corrected chi connectivity index (χ2v) is 6.36. The van der Waals surface area contributed by atoms with Crippen molar-refractivity contribution in [2.45, 2.75) is 12.7 Å². The molecule has 0 amide bonds. The van der Waals surface area contributed by atoms with Gasteiger partial charge in [-0.15, -0.1) is 0 Å². The molecule has 4 heteroatoms. The number of halogens is 1. The number of carbonyl (C=O) groups is 1. The molecule has 0 aliphatic carbocycles. The molecule has 0 radical (unpaired) electrons. The molecule has 3 aromatic rings. The number of aryl methyl sites for hydroxylation is 1. The number of hydrogen-bond donors (Lipinski definition) is 0. The van der Waals surface area contributed by atoms with Crippen LogP contribution in [0.4, 0.5) is 0 Å². The minimum Gasteiger partial charge on any atom is -0.443 e. The van der Waals surface area contributed by atoms with Gasteiger partial charge in [0, 0.05) is 5.56 Å². The Kier molecular flexibility index (Phi) is 3.74. The standard InChI is InChI=1S/C21H15ClO3/c1-14-11-12-18(22)19(13-14)24-21(15-7-3-2-4-8-15)17-10-6-5-9-16(17)20(23)25-21/h2-13H,1H3/t21-/m0/s1. The number of rotatable bonds is 3. The van der Waals surface area contributed by atoms with Crippen molar-refractivity contribution in [1.29, 1.82) is 0 Å². The molecule has 0 unspecified atom stereocenters. The van der Waals surface area contributed by atoms with Crippen LogP contribution < -0.4 is 4.74 Å². The molecule has 3 nitrogen and oxygen atoms in total. The van der Waals surface area contributed by atoms with Crippen LogP contribution in [0.5, 0.6) is 5.75 Å². The highest BCUT2D eigenvalue weighted by atomic mass is 35.5. The molecule has 0 aromatic heterocycles. The van der Waals surface area contributed by atoms with Crippen molar-refractivity contribution in [3.05, 3.63) is 100 Å². The summed E-state index contributed by atoms with van der Waals surface area (Å²) in [5, 5.41) is 0.460. The molecule has 1 heterocycles. The SMILES string of the molecule is Cc1ccc(Cl)c(O[C@@]2(c3ccccc3)OC(=O)c3ccccc32)c1. The first-order valence-electron chi connectivity index (χ1n) is 7.94. The van der Waals surface area contributed by atoms with Crippen LogP contribution in [0.25, 0.3) is 0 Å². The van der Waals surface area contributed by atoms with Gasteiger partial charge in [0.2, 0.25) is 0 Å². The van der Waals surface area contributed by atoms with Gasteiger partial charge < -0.3 is 9.47 Å². The molecule has 1 atom stereocenters. The number of ether oxygens (including phenoxy) is 2. The molecule has 0 saturated heterocycles. The summed E-state index contributed by atoms with van der Waals surface area (Å²) >= 11 is 6.32. The topological polar surface area (TPSA) is 35.5 Å². The molecule has 0 fully saturated rings. The highest BCUT2D eigenvalue weighted by Crippen LogP contribution is 2.44. The van der Waals surface area contributed by atoms with E-state index in [0.717, 1.165) is 11.1 Å². The zero-order chi connectivity index (χ0) is 17.4. The van der Waals surface area contributed by atoms with E-state index in [4.69, 9.17) is 21.1 Å². The van der Waals surface area contributed by atoms with E-state index in [2.05, 4.69) is 0 Å². The molecule has 124 valence electrons. The fraction of sp³-hybridized carbons (Fsp3) is 0.0952. The predicted molar refractivity (Wildman–Crippen MR) is 95.9 cm³/mol. The highest BCUT2D eigenvalue weighted by Gasteiger charge is 2.49. The summed E-state index contributed by atoms with van der Waals surface area (Å²) in [6, 6.07) is 22.2. The average molecular weight is 351 g/mol. The van der Waals surface area contributed by atoms with Gasteiger partial charge in [-0.3, -0.25) is 0 Å². The first-order valence-corrected chi connectivity index (χ1v) is 8.31. The number of benzene rings is 3. The van der Waals surface area contributed by atoms with E-state index < -0.39 is 11.8 Å². The van der Waals surface area contributed by atoms with Crippen LogP contribution in [-0.2, 0) is 10.5 Å². The van der Waals surface area contributed by atoms with Crippen LogP contribution in [0.2, 0.25) is 5.02 Å². The van der Waals surface area contributed by atoms with Gasteiger partial charge in [-0.25, -0.2) is 4.79 Å². The minimum absolute atomic E-state index is 0.414. The van der Waals surface area contributed by atoms with Gasteiger partial charge in [-0.1, -0.05) is 60.1 Å². The maximum absolute atomic E-state index is 12.5. The number of cyclic esters (lactones) is 1. The lowest BCUT2D eigenvalue weighted by molar-refractivity contribution is -0.108. The smallest absolute Gasteiger partial charge is 0.342 e. The molecule has 0 saturated carbocycles. The summed E-state index contributed by atoms with van der Waals surface area (Å²) in [7, 11) is 0. The van der Waals surface area contributed by atoms with Gasteiger partial charge in [-0.2, -0.15) is 0 Å². The van der Waals surface area contributed by atoms with E-state index in [1.54, 1.807) is 18.2 Å². The van der Waals surface area contributed by atoms with Crippen molar-refractivity contribution < 1.29 is 14.3 Å². The first-order chi connectivity index (χ1) is 12.1. The Balaban J connectivity index is 1.93. The third kappa shape index (κ3) is 2.57. The van der Waals surface area contributed by atoms with Crippen LogP contribution in [0.1, 0.15) is 27.0 Å². The first kappa shape index (κ1) is 15.7. The van der Waals surface area contributed by atoms with Crippen molar-refractivity contribution in [3.63, 3.8) is 0 Å². The van der Waals surface area contributed by atoms with Crippen LogP contribution in [0.15, 0.2) is 72.8 Å². The number of fused-ring (bicyclic) bond motifs is 1. The Bertz CT molecular complexity index is 952. The van der Waals surface area contributed by atoms with E-state index in [9.17, 15) is 4.79 Å². The molecular formula is C21H15ClO3. The van der Waals surface area contributed by atoms with Gasteiger partial charge in [0.15, 0.2) is 0 Å². The zero-order valence-corrected chi connectivity index (χ0v) is 14.3. The lowest BCUT2D eigenvalue weighted by Gasteiger charge is -2.30. The third-order valence-corrected chi connectivity index (χ3v) is 4.54. The summed E-state index contributed by atoms with van der Waals surface area (Å²) in [5.74, 6) is -1.30. The third-order valence-electron chi connectivity index (χ3n) is 4.23. The minimum atomic E-state index is -1.35. The van der Waals surface area contributed by atoms with E-state index in [1.807, 2.05) is 61.5 Å². The second-order valence-electron chi connectivity index (χ2n) is 5.95. The van der Waals surface area contributed by atoms with Gasteiger partial charge in [0.1, 0.15) is 5.75 Å². The molecule has 0 N–H and O–H groups in total. The number of carbonyl (C=O) groups excluding carboxylic acids is 1. The average Bonchev–Trinajstić information content (AvgIpc) is 2.92. The molecule has 3 aromatic carbocycles. The lowest BCUT2D eigenvalue weighted by Crippen LogP contribution is -2.35. The summed E-state index contributed by atoms with van der Waals surface area (Å²) in [6.07, 6.45) is 0. The van der Waals surface area contributed by atoms with E-state index in [0.29, 0.717) is 21.9 Å². The van der Waals surface area contributed by atoms with Crippen molar-refractivity contribution >= 4 is 17.6 Å². The largest absolute Gasteiger partial charge is 0.443 e. The summed E-state index contributed by atoms with van der Waals surface area (Å²) in [5.41, 5.74) is 2.89. The Morgan fingerprint density at radius 1 is 0.960 bits per heavy atom. The molecule has 0 bridgehead atoms. The molecular weight excluding hydrogens is 336 g/mol. The maximum Gasteiger partial charge on any atom is 0.342 e. The van der Waals surface area contributed by atoms with E-state index in [-0.39, 0.29) is 0 Å². The lowest BCUT2D eigenvalue weighted by atomic mass is 9.95. The second kappa shape index (κ2) is 5.94. The Morgan fingerprint density at radius 3 is 2.48 bits per heavy atom. The summed E-state index contributed by atoms with van der Waals surface area (Å²) in [6.45, 7) is 1.95. The number of hydrogen-bond acceptors (Lipinski definition) is 3. The quantitative estimate of drug-likeness (QED) is 0.616.